The van der Waals surface area contributed by atoms with E-state index in [1.165, 1.54) is 12.1 Å². The number of benzene rings is 2. The highest BCUT2D eigenvalue weighted by atomic mass is 35.5. The van der Waals surface area contributed by atoms with Crippen molar-refractivity contribution in [3.05, 3.63) is 65.6 Å². The molecular formula is C18H11ClFN7. The fraction of sp³-hybridized carbons (Fsp3) is 0. The topological polar surface area (TPSA) is 83.8 Å². The Morgan fingerprint density at radius 1 is 1.07 bits per heavy atom. The molecule has 3 aromatic heterocycles. The summed E-state index contributed by atoms with van der Waals surface area (Å²) in [5.74, 6) is 0.723. The molecule has 0 aliphatic carbocycles. The second kappa shape index (κ2) is 6.03. The van der Waals surface area contributed by atoms with Gasteiger partial charge in [0.2, 0.25) is 0 Å². The van der Waals surface area contributed by atoms with Crippen LogP contribution in [0.5, 0.6) is 0 Å². The van der Waals surface area contributed by atoms with Gasteiger partial charge in [0.1, 0.15) is 5.82 Å². The Bertz CT molecular complexity index is 1280. The first-order valence-electron chi connectivity index (χ1n) is 8.06. The van der Waals surface area contributed by atoms with Crippen molar-refractivity contribution in [1.82, 2.24) is 30.0 Å². The molecule has 0 unspecified atom stereocenters. The van der Waals surface area contributed by atoms with E-state index in [1.807, 2.05) is 40.9 Å². The van der Waals surface area contributed by atoms with Crippen LogP contribution in [0.3, 0.4) is 0 Å². The first kappa shape index (κ1) is 15.7. The zero-order valence-corrected chi connectivity index (χ0v) is 14.4. The van der Waals surface area contributed by atoms with Crippen LogP contribution in [0.15, 0.2) is 54.7 Å². The molecule has 7 nitrogen and oxygen atoms in total. The van der Waals surface area contributed by atoms with Crippen LogP contribution in [-0.4, -0.2) is 30.0 Å². The molecule has 0 aliphatic rings. The molecule has 27 heavy (non-hydrogen) atoms. The largest absolute Gasteiger partial charge is 0.338 e. The summed E-state index contributed by atoms with van der Waals surface area (Å²) in [4.78, 5) is 4.74. The summed E-state index contributed by atoms with van der Waals surface area (Å²) in [5.41, 5.74) is 4.04. The molecular weight excluding hydrogens is 369 g/mol. The number of nitrogens with zero attached hydrogens (tertiary/aromatic N) is 5. The Kier molecular flexibility index (Phi) is 3.51. The number of fused-ring (bicyclic) bond motifs is 3. The lowest BCUT2D eigenvalue weighted by Crippen LogP contribution is -1.99. The average molecular weight is 380 g/mol. The summed E-state index contributed by atoms with van der Waals surface area (Å²) in [7, 11) is 0. The Morgan fingerprint density at radius 2 is 2.00 bits per heavy atom. The van der Waals surface area contributed by atoms with Crippen molar-refractivity contribution in [2.24, 2.45) is 0 Å². The van der Waals surface area contributed by atoms with Crippen LogP contribution in [-0.2, 0) is 0 Å². The van der Waals surface area contributed by atoms with E-state index in [4.69, 9.17) is 16.6 Å². The van der Waals surface area contributed by atoms with Crippen LogP contribution < -0.4 is 5.32 Å². The van der Waals surface area contributed by atoms with Crippen molar-refractivity contribution < 1.29 is 4.39 Å². The van der Waals surface area contributed by atoms with Gasteiger partial charge in [-0.1, -0.05) is 11.6 Å². The summed E-state index contributed by atoms with van der Waals surface area (Å²) in [6.07, 6.45) is 1.96. The van der Waals surface area contributed by atoms with Crippen molar-refractivity contribution in [3.63, 3.8) is 0 Å². The average Bonchev–Trinajstić information content (AvgIpc) is 3.36. The summed E-state index contributed by atoms with van der Waals surface area (Å²) in [5, 5.41) is 17.2. The van der Waals surface area contributed by atoms with Gasteiger partial charge in [0.15, 0.2) is 11.6 Å². The highest BCUT2D eigenvalue weighted by Crippen LogP contribution is 2.28. The Morgan fingerprint density at radius 3 is 2.81 bits per heavy atom. The van der Waals surface area contributed by atoms with Gasteiger partial charge in [-0.15, -0.1) is 5.10 Å². The van der Waals surface area contributed by atoms with Gasteiger partial charge in [-0.2, -0.15) is 0 Å². The van der Waals surface area contributed by atoms with E-state index < -0.39 is 5.82 Å². The SMILES string of the molecule is Fc1ccc(Nc2nc3cc(-c4nnn[nH]4)ccc3n3cccc23)cc1Cl. The number of halogens is 2. The smallest absolute Gasteiger partial charge is 0.179 e. The van der Waals surface area contributed by atoms with E-state index >= 15 is 0 Å². The number of tetrazole rings is 1. The quantitative estimate of drug-likeness (QED) is 0.490. The van der Waals surface area contributed by atoms with Gasteiger partial charge in [0.25, 0.3) is 0 Å². The summed E-state index contributed by atoms with van der Waals surface area (Å²) in [6.45, 7) is 0. The number of hydrogen-bond donors (Lipinski definition) is 2. The van der Waals surface area contributed by atoms with Crippen LogP contribution in [0.4, 0.5) is 15.9 Å². The van der Waals surface area contributed by atoms with E-state index in [-0.39, 0.29) is 5.02 Å². The maximum Gasteiger partial charge on any atom is 0.179 e. The van der Waals surface area contributed by atoms with Gasteiger partial charge < -0.3 is 9.72 Å². The molecule has 2 N–H and O–H groups in total. The number of nitrogens with one attached hydrogen (secondary N) is 2. The van der Waals surface area contributed by atoms with Crippen molar-refractivity contribution in [2.75, 3.05) is 5.32 Å². The molecule has 2 aromatic carbocycles. The van der Waals surface area contributed by atoms with Crippen LogP contribution in [0.2, 0.25) is 5.02 Å². The van der Waals surface area contributed by atoms with Gasteiger partial charge in [-0.3, -0.25) is 0 Å². The fourth-order valence-corrected chi connectivity index (χ4v) is 3.19. The molecule has 0 fully saturated rings. The monoisotopic (exact) mass is 379 g/mol. The lowest BCUT2D eigenvalue weighted by Gasteiger charge is -2.11. The first-order valence-corrected chi connectivity index (χ1v) is 8.44. The van der Waals surface area contributed by atoms with Crippen molar-refractivity contribution in [1.29, 1.82) is 0 Å². The Labute approximate surface area is 156 Å². The number of aromatic nitrogens is 6. The van der Waals surface area contributed by atoms with E-state index in [2.05, 4.69) is 25.9 Å². The van der Waals surface area contributed by atoms with E-state index in [0.29, 0.717) is 17.3 Å². The molecule has 0 bridgehead atoms. The molecule has 0 aliphatic heterocycles. The number of H-pyrrole nitrogens is 1. The normalized spacial score (nSPS) is 11.3. The lowest BCUT2D eigenvalue weighted by atomic mass is 10.2. The number of aromatic amines is 1. The van der Waals surface area contributed by atoms with E-state index in [9.17, 15) is 4.39 Å². The highest BCUT2D eigenvalue weighted by molar-refractivity contribution is 6.31. The third-order valence-electron chi connectivity index (χ3n) is 4.26. The first-order chi connectivity index (χ1) is 13.2. The molecule has 0 saturated carbocycles. The third kappa shape index (κ3) is 2.67. The minimum atomic E-state index is -0.466. The van der Waals surface area contributed by atoms with Gasteiger partial charge >= 0.3 is 0 Å². The van der Waals surface area contributed by atoms with Gasteiger partial charge in [-0.25, -0.2) is 14.5 Å². The maximum absolute atomic E-state index is 13.4. The van der Waals surface area contributed by atoms with Crippen LogP contribution >= 0.6 is 11.6 Å². The number of hydrogen-bond acceptors (Lipinski definition) is 5. The second-order valence-electron chi connectivity index (χ2n) is 5.93. The molecule has 0 atom stereocenters. The standard InChI is InChI=1S/C18H11ClFN7/c19-12-9-11(4-5-13(12)20)21-18-16-2-1-7-27(16)15-6-3-10(8-14(15)22-18)17-23-25-26-24-17/h1-9H,(H,21,22)(H,23,24,25,26). The van der Waals surface area contributed by atoms with Crippen LogP contribution in [0, 0.1) is 5.82 Å². The third-order valence-corrected chi connectivity index (χ3v) is 4.55. The van der Waals surface area contributed by atoms with E-state index in [0.717, 1.165) is 22.1 Å². The molecule has 0 radical (unpaired) electrons. The molecule has 0 saturated heterocycles. The number of anilines is 2. The molecule has 9 heteroatoms. The van der Waals surface area contributed by atoms with Crippen LogP contribution in [0.25, 0.3) is 27.9 Å². The summed E-state index contributed by atoms with van der Waals surface area (Å²) in [6, 6.07) is 14.1. The zero-order chi connectivity index (χ0) is 18.4. The Balaban J connectivity index is 1.67. The molecule has 5 aromatic rings. The molecule has 132 valence electrons. The molecule has 0 spiro atoms. The predicted molar refractivity (Wildman–Crippen MR) is 101 cm³/mol. The number of rotatable bonds is 3. The maximum atomic E-state index is 13.4. The van der Waals surface area contributed by atoms with Gasteiger partial charge in [0.05, 0.1) is 21.6 Å². The van der Waals surface area contributed by atoms with E-state index in [1.54, 1.807) is 6.07 Å². The van der Waals surface area contributed by atoms with Gasteiger partial charge in [0, 0.05) is 17.4 Å². The molecule has 3 heterocycles. The summed E-state index contributed by atoms with van der Waals surface area (Å²) >= 11 is 5.89. The van der Waals surface area contributed by atoms with Crippen molar-refractivity contribution in [2.45, 2.75) is 0 Å². The van der Waals surface area contributed by atoms with Gasteiger partial charge in [-0.05, 0) is 59.0 Å². The zero-order valence-electron chi connectivity index (χ0n) is 13.7. The fourth-order valence-electron chi connectivity index (χ4n) is 3.01. The molecule has 5 rings (SSSR count). The van der Waals surface area contributed by atoms with Crippen LogP contribution in [0.1, 0.15) is 0 Å². The summed E-state index contributed by atoms with van der Waals surface area (Å²) < 4.78 is 15.5. The second-order valence-corrected chi connectivity index (χ2v) is 6.34. The van der Waals surface area contributed by atoms with Crippen molar-refractivity contribution in [3.8, 4) is 11.4 Å². The molecule has 0 amide bonds. The van der Waals surface area contributed by atoms with Crippen molar-refractivity contribution >= 4 is 39.7 Å². The minimum absolute atomic E-state index is 0.0484. The lowest BCUT2D eigenvalue weighted by molar-refractivity contribution is 0.628. The predicted octanol–water partition coefficient (Wildman–Crippen LogP) is 4.20. The Hall–Kier alpha value is -3.52. The minimum Gasteiger partial charge on any atom is -0.338 e. The highest BCUT2D eigenvalue weighted by Gasteiger charge is 2.11.